The van der Waals surface area contributed by atoms with Gasteiger partial charge in [-0.2, -0.15) is 5.26 Å². The maximum Gasteiger partial charge on any atom is 0.266 e. The van der Waals surface area contributed by atoms with Gasteiger partial charge in [0.2, 0.25) is 0 Å². The molecule has 0 fully saturated rings. The highest BCUT2D eigenvalue weighted by Crippen LogP contribution is 2.23. The van der Waals surface area contributed by atoms with Crippen molar-refractivity contribution in [1.29, 1.82) is 5.26 Å². The van der Waals surface area contributed by atoms with E-state index in [1.54, 1.807) is 0 Å². The summed E-state index contributed by atoms with van der Waals surface area (Å²) in [5, 5.41) is 8.47. The van der Waals surface area contributed by atoms with Crippen LogP contribution in [0.4, 0.5) is 13.2 Å². The molecule has 0 radical (unpaired) electrons. The highest BCUT2D eigenvalue weighted by Gasteiger charge is 2.17. The Hall–Kier alpha value is -1.28. The Balaban J connectivity index is 3.33. The fourth-order valence-electron chi connectivity index (χ4n) is 0.891. The van der Waals surface area contributed by atoms with E-state index in [9.17, 15) is 13.2 Å². The van der Waals surface area contributed by atoms with Crippen LogP contribution in [0.25, 0.3) is 0 Å². The Kier molecular flexibility index (Phi) is 3.31. The molecule has 6 heteroatoms. The van der Waals surface area contributed by atoms with E-state index in [2.05, 4.69) is 4.98 Å². The molecular weight excluding hydrogens is 217 g/mol. The molecule has 1 rings (SSSR count). The van der Waals surface area contributed by atoms with Crippen LogP contribution in [0.3, 0.4) is 0 Å². The van der Waals surface area contributed by atoms with Crippen LogP contribution in [0.2, 0.25) is 0 Å². The SMILES string of the molecule is N#Cc1nc(CCl)c(F)cc1C(F)F. The van der Waals surface area contributed by atoms with Crippen molar-refractivity contribution in [3.05, 3.63) is 28.8 Å². The number of hydrogen-bond acceptors (Lipinski definition) is 2. The summed E-state index contributed by atoms with van der Waals surface area (Å²) in [6.07, 6.45) is -2.92. The molecule has 0 unspecified atom stereocenters. The minimum absolute atomic E-state index is 0.201. The van der Waals surface area contributed by atoms with Gasteiger partial charge in [-0.15, -0.1) is 11.6 Å². The van der Waals surface area contributed by atoms with E-state index in [1.807, 2.05) is 0 Å². The number of alkyl halides is 3. The van der Waals surface area contributed by atoms with Gasteiger partial charge >= 0.3 is 0 Å². The smallest absolute Gasteiger partial charge is 0.237 e. The van der Waals surface area contributed by atoms with Crippen molar-refractivity contribution in [3.63, 3.8) is 0 Å². The fourth-order valence-corrected chi connectivity index (χ4v) is 1.08. The molecule has 0 N–H and O–H groups in total. The molecule has 74 valence electrons. The molecule has 0 aliphatic heterocycles. The van der Waals surface area contributed by atoms with Gasteiger partial charge in [-0.1, -0.05) is 0 Å². The van der Waals surface area contributed by atoms with Gasteiger partial charge in [0.25, 0.3) is 6.43 Å². The monoisotopic (exact) mass is 220 g/mol. The standard InChI is InChI=1S/C8H4ClF3N2/c9-2-6-5(10)1-4(8(11)12)7(3-13)14-6/h1,8H,2H2. The molecule has 1 aromatic heterocycles. The van der Waals surface area contributed by atoms with Crippen LogP contribution in [0, 0.1) is 17.1 Å². The summed E-state index contributed by atoms with van der Waals surface area (Å²) < 4.78 is 37.4. The van der Waals surface area contributed by atoms with Crippen molar-refractivity contribution in [2.24, 2.45) is 0 Å². The van der Waals surface area contributed by atoms with Crippen molar-refractivity contribution in [1.82, 2.24) is 4.98 Å². The van der Waals surface area contributed by atoms with Crippen LogP contribution in [0.1, 0.15) is 23.4 Å². The lowest BCUT2D eigenvalue weighted by molar-refractivity contribution is 0.150. The lowest BCUT2D eigenvalue weighted by Gasteiger charge is -2.04. The molecular formula is C8H4ClF3N2. The molecule has 0 amide bonds. The summed E-state index contributed by atoms with van der Waals surface area (Å²) in [6.45, 7) is 0. The molecule has 0 aromatic carbocycles. The summed E-state index contributed by atoms with van der Waals surface area (Å²) in [5.41, 5.74) is -1.40. The molecule has 14 heavy (non-hydrogen) atoms. The average Bonchev–Trinajstić information content (AvgIpc) is 2.17. The number of pyridine rings is 1. The summed E-state index contributed by atoms with van der Waals surface area (Å²) in [6, 6.07) is 2.05. The van der Waals surface area contributed by atoms with E-state index in [0.29, 0.717) is 6.07 Å². The third-order valence-electron chi connectivity index (χ3n) is 1.55. The molecule has 0 spiro atoms. The predicted octanol–water partition coefficient (Wildman–Crippen LogP) is 2.77. The van der Waals surface area contributed by atoms with E-state index in [4.69, 9.17) is 16.9 Å². The molecule has 0 aliphatic rings. The summed E-state index contributed by atoms with van der Waals surface area (Å²) in [7, 11) is 0. The van der Waals surface area contributed by atoms with Gasteiger partial charge in [0.15, 0.2) is 0 Å². The second-order valence-corrected chi connectivity index (χ2v) is 2.67. The van der Waals surface area contributed by atoms with Crippen LogP contribution < -0.4 is 0 Å². The van der Waals surface area contributed by atoms with Crippen molar-refractivity contribution in [3.8, 4) is 6.07 Å². The number of nitrogens with zero attached hydrogens (tertiary/aromatic N) is 2. The van der Waals surface area contributed by atoms with Gasteiger partial charge in [-0.05, 0) is 6.07 Å². The topological polar surface area (TPSA) is 36.7 Å². The molecule has 2 nitrogen and oxygen atoms in total. The molecule has 0 saturated heterocycles. The largest absolute Gasteiger partial charge is 0.266 e. The number of nitriles is 1. The number of hydrogen-bond donors (Lipinski definition) is 0. The van der Waals surface area contributed by atoms with Crippen LogP contribution in [-0.2, 0) is 5.88 Å². The number of rotatable bonds is 2. The molecule has 1 aromatic rings. The van der Waals surface area contributed by atoms with E-state index < -0.39 is 23.5 Å². The van der Waals surface area contributed by atoms with Crippen LogP contribution >= 0.6 is 11.6 Å². The lowest BCUT2D eigenvalue weighted by Crippen LogP contribution is -2.01. The van der Waals surface area contributed by atoms with E-state index >= 15 is 0 Å². The van der Waals surface area contributed by atoms with E-state index in [1.165, 1.54) is 6.07 Å². The van der Waals surface area contributed by atoms with Crippen molar-refractivity contribution < 1.29 is 13.2 Å². The Morgan fingerprint density at radius 3 is 2.64 bits per heavy atom. The first-order valence-electron chi connectivity index (χ1n) is 3.53. The maximum absolute atomic E-state index is 12.9. The molecule has 0 atom stereocenters. The van der Waals surface area contributed by atoms with E-state index in [0.717, 1.165) is 0 Å². The van der Waals surface area contributed by atoms with Gasteiger partial charge in [0.1, 0.15) is 17.6 Å². The lowest BCUT2D eigenvalue weighted by atomic mass is 10.2. The molecule has 1 heterocycles. The minimum Gasteiger partial charge on any atom is -0.237 e. The van der Waals surface area contributed by atoms with Gasteiger partial charge in [-0.25, -0.2) is 18.2 Å². The number of aromatic nitrogens is 1. The highest BCUT2D eigenvalue weighted by molar-refractivity contribution is 6.16. The Morgan fingerprint density at radius 1 is 1.57 bits per heavy atom. The van der Waals surface area contributed by atoms with Gasteiger partial charge in [-0.3, -0.25) is 0 Å². The summed E-state index contributed by atoms with van der Waals surface area (Å²) >= 11 is 5.29. The van der Waals surface area contributed by atoms with Crippen molar-refractivity contribution in [2.75, 3.05) is 0 Å². The average molecular weight is 221 g/mol. The van der Waals surface area contributed by atoms with Crippen molar-refractivity contribution in [2.45, 2.75) is 12.3 Å². The zero-order valence-electron chi connectivity index (χ0n) is 6.77. The van der Waals surface area contributed by atoms with Crippen molar-refractivity contribution >= 4 is 11.6 Å². The minimum atomic E-state index is -2.92. The summed E-state index contributed by atoms with van der Waals surface area (Å²) in [5.74, 6) is -1.18. The normalized spacial score (nSPS) is 10.3. The molecule has 0 bridgehead atoms. The zero-order valence-corrected chi connectivity index (χ0v) is 7.52. The second-order valence-electron chi connectivity index (χ2n) is 2.40. The van der Waals surface area contributed by atoms with E-state index in [-0.39, 0.29) is 11.6 Å². The first-order valence-corrected chi connectivity index (χ1v) is 4.07. The first-order chi connectivity index (χ1) is 6.60. The number of halogens is 4. The van der Waals surface area contributed by atoms with Gasteiger partial charge in [0.05, 0.1) is 17.1 Å². The molecule has 0 aliphatic carbocycles. The Bertz CT molecular complexity index is 387. The van der Waals surface area contributed by atoms with Crippen LogP contribution in [-0.4, -0.2) is 4.98 Å². The van der Waals surface area contributed by atoms with Crippen LogP contribution in [0.15, 0.2) is 6.07 Å². The zero-order chi connectivity index (χ0) is 10.7. The molecule has 0 saturated carbocycles. The summed E-state index contributed by atoms with van der Waals surface area (Å²) in [4.78, 5) is 3.38. The third-order valence-corrected chi connectivity index (χ3v) is 1.80. The Morgan fingerprint density at radius 2 is 2.21 bits per heavy atom. The van der Waals surface area contributed by atoms with Gasteiger partial charge < -0.3 is 0 Å². The fraction of sp³-hybridized carbons (Fsp3) is 0.250. The Labute approximate surface area is 82.9 Å². The van der Waals surface area contributed by atoms with Gasteiger partial charge in [0, 0.05) is 0 Å². The third kappa shape index (κ3) is 1.96. The first kappa shape index (κ1) is 10.8. The highest BCUT2D eigenvalue weighted by atomic mass is 35.5. The predicted molar refractivity (Wildman–Crippen MR) is 43.4 cm³/mol. The quantitative estimate of drug-likeness (QED) is 0.719. The maximum atomic E-state index is 12.9. The van der Waals surface area contributed by atoms with Crippen LogP contribution in [0.5, 0.6) is 0 Å². The second kappa shape index (κ2) is 4.29.